The quantitative estimate of drug-likeness (QED) is 0.733. The Bertz CT molecular complexity index is 1030. The van der Waals surface area contributed by atoms with E-state index < -0.39 is 0 Å². The van der Waals surface area contributed by atoms with Gasteiger partial charge < -0.3 is 10.2 Å². The molecule has 0 aliphatic carbocycles. The fraction of sp³-hybridized carbons (Fsp3) is 0.222. The molecular weight excluding hydrogens is 316 g/mol. The summed E-state index contributed by atoms with van der Waals surface area (Å²) >= 11 is 0. The van der Waals surface area contributed by atoms with Crippen LogP contribution in [-0.2, 0) is 0 Å². The number of nitrogens with zero attached hydrogens (tertiary/aromatic N) is 4. The Balaban J connectivity index is 1.89. The Labute approximate surface area is 143 Å². The summed E-state index contributed by atoms with van der Waals surface area (Å²) in [5.41, 5.74) is 2.00. The third-order valence-electron chi connectivity index (χ3n) is 4.37. The SMILES string of the molecule is N#Cc1nc2ccccc2cc1-c1n[nH]cc(N2CCNCC2)c1=O. The van der Waals surface area contributed by atoms with Crippen molar-refractivity contribution in [3.05, 3.63) is 52.4 Å². The molecule has 7 nitrogen and oxygen atoms in total. The van der Waals surface area contributed by atoms with Gasteiger partial charge in [0.05, 0.1) is 5.52 Å². The summed E-state index contributed by atoms with van der Waals surface area (Å²) in [4.78, 5) is 19.4. The van der Waals surface area contributed by atoms with Crippen molar-refractivity contribution in [2.24, 2.45) is 0 Å². The number of hydrogen-bond acceptors (Lipinski definition) is 6. The Morgan fingerprint density at radius 1 is 1.20 bits per heavy atom. The normalized spacial score (nSPS) is 14.4. The van der Waals surface area contributed by atoms with Crippen molar-refractivity contribution in [1.82, 2.24) is 20.5 Å². The lowest BCUT2D eigenvalue weighted by molar-refractivity contribution is 0.587. The lowest BCUT2D eigenvalue weighted by Gasteiger charge is -2.28. The summed E-state index contributed by atoms with van der Waals surface area (Å²) < 4.78 is 0. The van der Waals surface area contributed by atoms with Gasteiger partial charge in [0.1, 0.15) is 17.5 Å². The van der Waals surface area contributed by atoms with Crippen molar-refractivity contribution in [1.29, 1.82) is 5.26 Å². The summed E-state index contributed by atoms with van der Waals surface area (Å²) in [5.74, 6) is 0. The van der Waals surface area contributed by atoms with Crippen molar-refractivity contribution in [2.75, 3.05) is 31.1 Å². The number of anilines is 1. The first-order valence-corrected chi connectivity index (χ1v) is 8.12. The molecule has 0 radical (unpaired) electrons. The number of pyridine rings is 1. The first-order chi connectivity index (χ1) is 12.3. The molecule has 1 aliphatic heterocycles. The van der Waals surface area contributed by atoms with Crippen LogP contribution in [-0.4, -0.2) is 41.4 Å². The summed E-state index contributed by atoms with van der Waals surface area (Å²) in [6, 6.07) is 11.4. The predicted octanol–water partition coefficient (Wildman–Crippen LogP) is 1.27. The molecule has 0 bridgehead atoms. The molecule has 1 fully saturated rings. The largest absolute Gasteiger partial charge is 0.365 e. The van der Waals surface area contributed by atoms with Crippen molar-refractivity contribution < 1.29 is 0 Å². The van der Waals surface area contributed by atoms with Crippen LogP contribution in [0.5, 0.6) is 0 Å². The van der Waals surface area contributed by atoms with Crippen LogP contribution in [0.4, 0.5) is 5.69 Å². The van der Waals surface area contributed by atoms with Gasteiger partial charge in [-0.25, -0.2) is 4.98 Å². The van der Waals surface area contributed by atoms with E-state index in [-0.39, 0.29) is 16.8 Å². The summed E-state index contributed by atoms with van der Waals surface area (Å²) in [7, 11) is 0. The van der Waals surface area contributed by atoms with Crippen molar-refractivity contribution in [2.45, 2.75) is 0 Å². The minimum absolute atomic E-state index is 0.186. The number of rotatable bonds is 2. The lowest BCUT2D eigenvalue weighted by Crippen LogP contribution is -2.45. The molecule has 0 amide bonds. The van der Waals surface area contributed by atoms with Gasteiger partial charge in [-0.15, -0.1) is 0 Å². The number of H-pyrrole nitrogens is 1. The Morgan fingerprint density at radius 2 is 2.00 bits per heavy atom. The minimum atomic E-state index is -0.186. The number of nitriles is 1. The summed E-state index contributed by atoms with van der Waals surface area (Å²) in [6.45, 7) is 3.18. The molecule has 124 valence electrons. The first-order valence-electron chi connectivity index (χ1n) is 8.12. The second-order valence-electron chi connectivity index (χ2n) is 5.87. The highest BCUT2D eigenvalue weighted by Gasteiger charge is 2.19. The molecule has 4 rings (SSSR count). The first kappa shape index (κ1) is 15.3. The van der Waals surface area contributed by atoms with E-state index in [2.05, 4.69) is 26.6 Å². The molecule has 1 aliphatic rings. The Hall–Kier alpha value is -3.24. The minimum Gasteiger partial charge on any atom is -0.365 e. The maximum Gasteiger partial charge on any atom is 0.231 e. The number of aromatic nitrogens is 3. The van der Waals surface area contributed by atoms with E-state index >= 15 is 0 Å². The topological polar surface area (TPSA) is 97.7 Å². The second-order valence-corrected chi connectivity index (χ2v) is 5.87. The molecule has 0 spiro atoms. The van der Waals surface area contributed by atoms with Crippen LogP contribution in [0.25, 0.3) is 22.2 Å². The third-order valence-corrected chi connectivity index (χ3v) is 4.37. The molecule has 0 saturated carbocycles. The van der Waals surface area contributed by atoms with Crippen LogP contribution >= 0.6 is 0 Å². The molecule has 3 aromatic rings. The van der Waals surface area contributed by atoms with Crippen LogP contribution in [0.15, 0.2) is 41.3 Å². The zero-order valence-corrected chi connectivity index (χ0v) is 13.5. The van der Waals surface area contributed by atoms with Gasteiger partial charge in [-0.3, -0.25) is 9.89 Å². The number of hydrogen-bond donors (Lipinski definition) is 2. The predicted molar refractivity (Wildman–Crippen MR) is 95.4 cm³/mol. The van der Waals surface area contributed by atoms with E-state index in [1.807, 2.05) is 29.2 Å². The highest BCUT2D eigenvalue weighted by Crippen LogP contribution is 2.23. The maximum absolute atomic E-state index is 13.0. The van der Waals surface area contributed by atoms with Gasteiger partial charge in [0.15, 0.2) is 5.69 Å². The molecule has 2 aromatic heterocycles. The van der Waals surface area contributed by atoms with Crippen molar-refractivity contribution in [3.8, 4) is 17.3 Å². The van der Waals surface area contributed by atoms with Crippen LogP contribution in [0.3, 0.4) is 0 Å². The maximum atomic E-state index is 13.0. The molecule has 2 N–H and O–H groups in total. The molecule has 1 aromatic carbocycles. The molecule has 0 atom stereocenters. The van der Waals surface area contributed by atoms with E-state index in [0.29, 0.717) is 11.3 Å². The standard InChI is InChI=1S/C18H16N6O/c19-10-15-13(9-12-3-1-2-4-14(12)22-15)17-18(25)16(11-21-23-17)24-7-5-20-6-8-24/h1-4,9,11,20H,5-8H2,(H,21,25). The number of benzene rings is 1. The van der Waals surface area contributed by atoms with Crippen molar-refractivity contribution >= 4 is 16.6 Å². The number of para-hydroxylation sites is 1. The zero-order chi connectivity index (χ0) is 17.2. The van der Waals surface area contributed by atoms with Gasteiger partial charge in [-0.1, -0.05) is 18.2 Å². The zero-order valence-electron chi connectivity index (χ0n) is 13.5. The summed E-state index contributed by atoms with van der Waals surface area (Å²) in [6.07, 6.45) is 1.62. The summed E-state index contributed by atoms with van der Waals surface area (Å²) in [5, 5.41) is 20.6. The van der Waals surface area contributed by atoms with Crippen LogP contribution in [0.2, 0.25) is 0 Å². The van der Waals surface area contributed by atoms with E-state index in [1.54, 1.807) is 12.3 Å². The van der Waals surface area contributed by atoms with Crippen LogP contribution < -0.4 is 15.6 Å². The van der Waals surface area contributed by atoms with Gasteiger partial charge in [-0.05, 0) is 12.1 Å². The molecule has 1 saturated heterocycles. The number of piperazine rings is 1. The van der Waals surface area contributed by atoms with Gasteiger partial charge >= 0.3 is 0 Å². The van der Waals surface area contributed by atoms with Crippen LogP contribution in [0, 0.1) is 11.3 Å². The Morgan fingerprint density at radius 3 is 2.80 bits per heavy atom. The van der Waals surface area contributed by atoms with E-state index in [4.69, 9.17) is 0 Å². The van der Waals surface area contributed by atoms with Gasteiger partial charge in [0.25, 0.3) is 0 Å². The van der Waals surface area contributed by atoms with Gasteiger partial charge in [-0.2, -0.15) is 10.4 Å². The number of nitrogens with one attached hydrogen (secondary N) is 2. The molecule has 0 unspecified atom stereocenters. The highest BCUT2D eigenvalue weighted by atomic mass is 16.1. The van der Waals surface area contributed by atoms with E-state index in [0.717, 1.165) is 37.1 Å². The fourth-order valence-corrected chi connectivity index (χ4v) is 3.10. The van der Waals surface area contributed by atoms with E-state index in [1.165, 1.54) is 0 Å². The fourth-order valence-electron chi connectivity index (χ4n) is 3.10. The molecule has 25 heavy (non-hydrogen) atoms. The lowest BCUT2D eigenvalue weighted by atomic mass is 10.1. The average Bonchev–Trinajstić information content (AvgIpc) is 2.68. The Kier molecular flexibility index (Phi) is 3.88. The molecule has 7 heteroatoms. The number of aromatic amines is 1. The molecule has 3 heterocycles. The third kappa shape index (κ3) is 2.73. The van der Waals surface area contributed by atoms with E-state index in [9.17, 15) is 10.1 Å². The highest BCUT2D eigenvalue weighted by molar-refractivity contribution is 5.85. The van der Waals surface area contributed by atoms with Gasteiger partial charge in [0.2, 0.25) is 5.43 Å². The monoisotopic (exact) mass is 332 g/mol. The van der Waals surface area contributed by atoms with Crippen LogP contribution in [0.1, 0.15) is 5.69 Å². The molecular formula is C18H16N6O. The second kappa shape index (κ2) is 6.34. The van der Waals surface area contributed by atoms with Gasteiger partial charge in [0, 0.05) is 43.3 Å². The number of fused-ring (bicyclic) bond motifs is 1. The van der Waals surface area contributed by atoms with Crippen molar-refractivity contribution in [3.63, 3.8) is 0 Å². The average molecular weight is 332 g/mol. The smallest absolute Gasteiger partial charge is 0.231 e.